The van der Waals surface area contributed by atoms with Gasteiger partial charge >= 0.3 is 6.03 Å². The van der Waals surface area contributed by atoms with Gasteiger partial charge < -0.3 is 20.0 Å². The van der Waals surface area contributed by atoms with Gasteiger partial charge in [-0.1, -0.05) is 25.3 Å². The van der Waals surface area contributed by atoms with Crippen LogP contribution in [0.3, 0.4) is 0 Å². The third-order valence-corrected chi connectivity index (χ3v) is 7.21. The van der Waals surface area contributed by atoms with Gasteiger partial charge in [-0.25, -0.2) is 9.78 Å². The van der Waals surface area contributed by atoms with Crippen molar-refractivity contribution >= 4 is 17.8 Å². The van der Waals surface area contributed by atoms with Crippen molar-refractivity contribution in [2.45, 2.75) is 51.0 Å². The van der Waals surface area contributed by atoms with E-state index in [4.69, 9.17) is 0 Å². The number of amides is 3. The second-order valence-corrected chi connectivity index (χ2v) is 9.46. The van der Waals surface area contributed by atoms with Crippen molar-refractivity contribution in [3.8, 4) is 0 Å². The molecule has 2 atom stereocenters. The third-order valence-electron chi connectivity index (χ3n) is 7.21. The summed E-state index contributed by atoms with van der Waals surface area (Å²) in [6, 6.07) is 6.26. The molecule has 0 radical (unpaired) electrons. The number of hydrogen-bond acceptors (Lipinski definition) is 4. The second kappa shape index (κ2) is 8.82. The topological polar surface area (TPSA) is 68.8 Å². The van der Waals surface area contributed by atoms with E-state index in [1.54, 1.807) is 11.1 Å². The van der Waals surface area contributed by atoms with Crippen molar-refractivity contribution < 1.29 is 9.59 Å². The summed E-state index contributed by atoms with van der Waals surface area (Å²) < 4.78 is 0. The van der Waals surface area contributed by atoms with Gasteiger partial charge in [0, 0.05) is 58.4 Å². The Morgan fingerprint density at radius 1 is 1.13 bits per heavy atom. The van der Waals surface area contributed by atoms with E-state index in [9.17, 15) is 9.59 Å². The molecule has 3 fully saturated rings. The zero-order chi connectivity index (χ0) is 21.1. The lowest BCUT2D eigenvalue weighted by Gasteiger charge is -2.35. The summed E-state index contributed by atoms with van der Waals surface area (Å²) in [5, 5.41) is 3.27. The van der Waals surface area contributed by atoms with E-state index in [1.165, 1.54) is 19.3 Å². The molecular weight excluding hydrogens is 378 g/mol. The quantitative estimate of drug-likeness (QED) is 0.827. The third kappa shape index (κ3) is 4.12. The average Bonchev–Trinajstić information content (AvgIpc) is 3.03. The van der Waals surface area contributed by atoms with Crippen molar-refractivity contribution in [3.05, 3.63) is 24.4 Å². The smallest absolute Gasteiger partial charge is 0.317 e. The molecule has 4 rings (SSSR count). The molecule has 7 nitrogen and oxygen atoms in total. The van der Waals surface area contributed by atoms with Crippen molar-refractivity contribution in [3.63, 3.8) is 0 Å². The maximum atomic E-state index is 13.4. The molecule has 1 aromatic rings. The standard InChI is InChI=1S/C23H35N5O2/c1-26(2)21(29)23-12-8-14-27(22(30)25-19-9-4-3-5-10-19)15-18(23)16-28(17-23)20-11-6-7-13-24-20/h6-7,11,13,18-19H,3-5,8-10,12,14-17H2,1-2H3,(H,25,30)/t18-,23-/m1/s1. The number of pyridine rings is 1. The molecule has 0 bridgehead atoms. The number of nitrogens with zero attached hydrogens (tertiary/aromatic N) is 4. The summed E-state index contributed by atoms with van der Waals surface area (Å²) in [5.74, 6) is 1.20. The van der Waals surface area contributed by atoms with E-state index < -0.39 is 5.41 Å². The maximum Gasteiger partial charge on any atom is 0.317 e. The Bertz CT molecular complexity index is 749. The summed E-state index contributed by atoms with van der Waals surface area (Å²) in [5.41, 5.74) is -0.457. The molecule has 1 N–H and O–H groups in total. The van der Waals surface area contributed by atoms with Gasteiger partial charge in [0.25, 0.3) is 0 Å². The monoisotopic (exact) mass is 413 g/mol. The molecule has 0 unspecified atom stereocenters. The van der Waals surface area contributed by atoms with Crippen LogP contribution in [0.25, 0.3) is 0 Å². The highest BCUT2D eigenvalue weighted by atomic mass is 16.2. The number of urea groups is 1. The first-order valence-electron chi connectivity index (χ1n) is 11.4. The van der Waals surface area contributed by atoms with Gasteiger partial charge in [-0.2, -0.15) is 0 Å². The Kier molecular flexibility index (Phi) is 6.16. The van der Waals surface area contributed by atoms with Crippen LogP contribution >= 0.6 is 0 Å². The number of anilines is 1. The van der Waals surface area contributed by atoms with Crippen LogP contribution in [0.4, 0.5) is 10.6 Å². The predicted octanol–water partition coefficient (Wildman–Crippen LogP) is 2.73. The van der Waals surface area contributed by atoms with E-state index in [1.807, 2.05) is 37.2 Å². The molecule has 0 aromatic carbocycles. The molecule has 164 valence electrons. The number of hydrogen-bond donors (Lipinski definition) is 1. The Labute approximate surface area is 179 Å². The van der Waals surface area contributed by atoms with Crippen molar-refractivity contribution in [2.75, 3.05) is 45.2 Å². The molecule has 1 aromatic heterocycles. The first-order valence-corrected chi connectivity index (χ1v) is 11.4. The molecular formula is C23H35N5O2. The number of fused-ring (bicyclic) bond motifs is 1. The van der Waals surface area contributed by atoms with Crippen LogP contribution in [-0.2, 0) is 4.79 Å². The van der Waals surface area contributed by atoms with Gasteiger partial charge in [0.05, 0.1) is 5.41 Å². The molecule has 0 spiro atoms. The van der Waals surface area contributed by atoms with Gasteiger partial charge in [-0.05, 0) is 37.8 Å². The van der Waals surface area contributed by atoms with Gasteiger partial charge in [-0.3, -0.25) is 4.79 Å². The maximum absolute atomic E-state index is 13.4. The summed E-state index contributed by atoms with van der Waals surface area (Å²) in [7, 11) is 3.69. The fourth-order valence-corrected chi connectivity index (χ4v) is 5.64. The van der Waals surface area contributed by atoms with Crippen molar-refractivity contribution in [1.29, 1.82) is 0 Å². The van der Waals surface area contributed by atoms with E-state index >= 15 is 0 Å². The van der Waals surface area contributed by atoms with E-state index in [0.717, 1.165) is 44.6 Å². The van der Waals surface area contributed by atoms with Crippen molar-refractivity contribution in [1.82, 2.24) is 20.1 Å². The van der Waals surface area contributed by atoms with Crippen LogP contribution < -0.4 is 10.2 Å². The highest BCUT2D eigenvalue weighted by Crippen LogP contribution is 2.45. The molecule has 1 saturated carbocycles. The first-order chi connectivity index (χ1) is 14.5. The summed E-state index contributed by atoms with van der Waals surface area (Å²) >= 11 is 0. The Balaban J connectivity index is 1.53. The largest absolute Gasteiger partial charge is 0.355 e. The molecule has 2 aliphatic heterocycles. The number of likely N-dealkylation sites (tertiary alicyclic amines) is 1. The lowest BCUT2D eigenvalue weighted by Crippen LogP contribution is -2.50. The second-order valence-electron chi connectivity index (χ2n) is 9.46. The summed E-state index contributed by atoms with van der Waals surface area (Å²) in [6.07, 6.45) is 9.30. The van der Waals surface area contributed by atoms with Gasteiger partial charge in [0.15, 0.2) is 0 Å². The minimum absolute atomic E-state index is 0.0475. The fourth-order valence-electron chi connectivity index (χ4n) is 5.64. The highest BCUT2D eigenvalue weighted by molar-refractivity contribution is 5.85. The number of aromatic nitrogens is 1. The molecule has 2 saturated heterocycles. The Hall–Kier alpha value is -2.31. The fraction of sp³-hybridized carbons (Fsp3) is 0.696. The molecule has 7 heteroatoms. The van der Waals surface area contributed by atoms with Gasteiger partial charge in [0.1, 0.15) is 5.82 Å². The number of rotatable bonds is 3. The number of carbonyl (C=O) groups is 2. The minimum atomic E-state index is -0.457. The summed E-state index contributed by atoms with van der Waals surface area (Å²) in [6.45, 7) is 2.77. The van der Waals surface area contributed by atoms with E-state index in [2.05, 4.69) is 15.2 Å². The van der Waals surface area contributed by atoms with Crippen LogP contribution in [0, 0.1) is 11.3 Å². The van der Waals surface area contributed by atoms with Gasteiger partial charge in [0.2, 0.25) is 5.91 Å². The Morgan fingerprint density at radius 2 is 1.93 bits per heavy atom. The normalized spacial score (nSPS) is 27.3. The first kappa shape index (κ1) is 20.9. The SMILES string of the molecule is CN(C)C(=O)[C@@]12CCCN(C(=O)NC3CCCCC3)C[C@@H]1CN(c1ccccn1)C2. The van der Waals surface area contributed by atoms with E-state index in [0.29, 0.717) is 19.1 Å². The van der Waals surface area contributed by atoms with Crippen molar-refractivity contribution in [2.24, 2.45) is 11.3 Å². The number of nitrogens with one attached hydrogen (secondary N) is 1. The van der Waals surface area contributed by atoms with Gasteiger partial charge in [-0.15, -0.1) is 0 Å². The average molecular weight is 414 g/mol. The molecule has 30 heavy (non-hydrogen) atoms. The van der Waals surface area contributed by atoms with Crippen LogP contribution in [-0.4, -0.2) is 73.0 Å². The van der Waals surface area contributed by atoms with Crippen LogP contribution in [0.5, 0.6) is 0 Å². The zero-order valence-electron chi connectivity index (χ0n) is 18.3. The van der Waals surface area contributed by atoms with E-state index in [-0.39, 0.29) is 17.9 Å². The van der Waals surface area contributed by atoms with Crippen LogP contribution in [0.2, 0.25) is 0 Å². The Morgan fingerprint density at radius 3 is 2.63 bits per heavy atom. The molecule has 3 amide bonds. The lowest BCUT2D eigenvalue weighted by molar-refractivity contribution is -0.141. The highest BCUT2D eigenvalue weighted by Gasteiger charge is 2.54. The van der Waals surface area contributed by atoms with Crippen LogP contribution in [0.15, 0.2) is 24.4 Å². The predicted molar refractivity (Wildman–Crippen MR) is 117 cm³/mol. The minimum Gasteiger partial charge on any atom is -0.355 e. The molecule has 3 heterocycles. The molecule has 3 aliphatic rings. The molecule has 1 aliphatic carbocycles. The summed E-state index contributed by atoms with van der Waals surface area (Å²) in [4.78, 5) is 36.9. The van der Waals surface area contributed by atoms with Crippen LogP contribution in [0.1, 0.15) is 44.9 Å². The zero-order valence-corrected chi connectivity index (χ0v) is 18.3. The lowest BCUT2D eigenvalue weighted by atomic mass is 9.74. The number of carbonyl (C=O) groups excluding carboxylic acids is 2.